The molecule has 0 atom stereocenters. The van der Waals surface area contributed by atoms with Crippen LogP contribution in [0.2, 0.25) is 0 Å². The molecule has 0 unspecified atom stereocenters. The smallest absolute Gasteiger partial charge is 0.343 e. The van der Waals surface area contributed by atoms with Gasteiger partial charge in [-0.3, -0.25) is 0 Å². The molecule has 2 aromatic heterocycles. The molecular weight excluding hydrogens is 482 g/mol. The van der Waals surface area contributed by atoms with Crippen molar-refractivity contribution in [3.63, 3.8) is 0 Å². The van der Waals surface area contributed by atoms with Gasteiger partial charge in [-0.2, -0.15) is 5.21 Å². The fourth-order valence-corrected chi connectivity index (χ4v) is 3.73. The summed E-state index contributed by atoms with van der Waals surface area (Å²) in [6.07, 6.45) is 1.52. The third kappa shape index (κ3) is 6.21. The average Bonchev–Trinajstić information content (AvgIpc) is 3.42. The van der Waals surface area contributed by atoms with E-state index in [-0.39, 0.29) is 19.0 Å². The van der Waals surface area contributed by atoms with E-state index >= 15 is 0 Å². The molecule has 188 valence electrons. The number of anilines is 1. The van der Waals surface area contributed by atoms with Crippen molar-refractivity contribution in [2.24, 2.45) is 0 Å². The van der Waals surface area contributed by atoms with Crippen LogP contribution in [0.5, 0.6) is 0 Å². The van der Waals surface area contributed by atoms with E-state index in [1.54, 1.807) is 21.0 Å². The fraction of sp³-hybridized carbons (Fsp3) is 0.280. The molecule has 11 heteroatoms. The molecular formula is C25H28ClN7O3. The molecule has 2 heterocycles. The molecule has 4 aromatic rings. The number of hydrogen-bond donors (Lipinski definition) is 1. The van der Waals surface area contributed by atoms with Crippen LogP contribution in [-0.2, 0) is 16.0 Å². The highest BCUT2D eigenvalue weighted by atomic mass is 35.5. The van der Waals surface area contributed by atoms with E-state index in [1.165, 1.54) is 6.20 Å². The number of halogens is 1. The van der Waals surface area contributed by atoms with E-state index in [1.807, 2.05) is 29.2 Å². The Hall–Kier alpha value is -3.89. The maximum atomic E-state index is 12.6. The van der Waals surface area contributed by atoms with Crippen LogP contribution < -0.4 is 4.90 Å². The number of benzene rings is 2. The lowest BCUT2D eigenvalue weighted by molar-refractivity contribution is 0.0526. The van der Waals surface area contributed by atoms with Gasteiger partial charge in [0.05, 0.1) is 13.2 Å². The maximum absolute atomic E-state index is 12.6. The molecule has 0 amide bonds. The second-order valence-corrected chi connectivity index (χ2v) is 7.77. The summed E-state index contributed by atoms with van der Waals surface area (Å²) in [7, 11) is 1.64. The Morgan fingerprint density at radius 2 is 1.83 bits per heavy atom. The lowest BCUT2D eigenvalue weighted by atomic mass is 9.98. The van der Waals surface area contributed by atoms with E-state index in [0.717, 1.165) is 22.3 Å². The third-order valence-electron chi connectivity index (χ3n) is 5.40. The van der Waals surface area contributed by atoms with Crippen LogP contribution in [0.25, 0.3) is 22.5 Å². The summed E-state index contributed by atoms with van der Waals surface area (Å²) < 4.78 is 10.5. The van der Waals surface area contributed by atoms with E-state index < -0.39 is 5.97 Å². The molecule has 0 saturated carbocycles. The van der Waals surface area contributed by atoms with Gasteiger partial charge in [-0.05, 0) is 35.8 Å². The summed E-state index contributed by atoms with van der Waals surface area (Å²) in [6.45, 7) is 5.38. The van der Waals surface area contributed by atoms with Gasteiger partial charge in [-0.15, -0.1) is 22.6 Å². The number of tetrazole rings is 1. The first-order valence-electron chi connectivity index (χ1n) is 11.3. The number of H-pyrrole nitrogens is 1. The Morgan fingerprint density at radius 1 is 1.08 bits per heavy atom. The lowest BCUT2D eigenvalue weighted by Crippen LogP contribution is -2.30. The highest BCUT2D eigenvalue weighted by molar-refractivity contribution is 5.94. The highest BCUT2D eigenvalue weighted by Crippen LogP contribution is 2.30. The van der Waals surface area contributed by atoms with Crippen LogP contribution in [0.4, 0.5) is 5.82 Å². The van der Waals surface area contributed by atoms with Gasteiger partial charge in [0.25, 0.3) is 0 Å². The van der Waals surface area contributed by atoms with Gasteiger partial charge < -0.3 is 14.4 Å². The van der Waals surface area contributed by atoms with Gasteiger partial charge >= 0.3 is 5.97 Å². The van der Waals surface area contributed by atoms with Crippen LogP contribution in [0, 0.1) is 6.92 Å². The summed E-state index contributed by atoms with van der Waals surface area (Å²) >= 11 is 0. The summed E-state index contributed by atoms with van der Waals surface area (Å²) in [6, 6.07) is 16.1. The minimum absolute atomic E-state index is 0. The molecule has 0 fully saturated rings. The molecule has 0 saturated heterocycles. The van der Waals surface area contributed by atoms with E-state index in [2.05, 4.69) is 54.9 Å². The normalized spacial score (nSPS) is 10.5. The van der Waals surface area contributed by atoms with E-state index in [9.17, 15) is 4.79 Å². The summed E-state index contributed by atoms with van der Waals surface area (Å²) in [4.78, 5) is 23.3. The Morgan fingerprint density at radius 3 is 2.50 bits per heavy atom. The molecule has 4 rings (SSSR count). The van der Waals surface area contributed by atoms with Gasteiger partial charge in [0.2, 0.25) is 5.82 Å². The number of carbonyl (C=O) groups excluding carboxylic acids is 1. The zero-order chi connectivity index (χ0) is 24.6. The summed E-state index contributed by atoms with van der Waals surface area (Å²) in [5.41, 5.74) is 4.31. The molecule has 10 nitrogen and oxygen atoms in total. The third-order valence-corrected chi connectivity index (χ3v) is 5.40. The number of methoxy groups -OCH3 is 1. The molecule has 0 aliphatic carbocycles. The quantitative estimate of drug-likeness (QED) is 0.317. The Kier molecular flexibility index (Phi) is 9.43. The van der Waals surface area contributed by atoms with Gasteiger partial charge in [-0.1, -0.05) is 48.5 Å². The number of aromatic nitrogens is 6. The molecule has 2 aromatic carbocycles. The molecule has 0 bridgehead atoms. The van der Waals surface area contributed by atoms with Crippen molar-refractivity contribution in [2.45, 2.75) is 20.4 Å². The molecule has 0 spiro atoms. The second-order valence-electron chi connectivity index (χ2n) is 7.77. The number of nitrogens with one attached hydrogen (secondary N) is 1. The number of aryl methyl sites for hydroxylation is 1. The minimum Gasteiger partial charge on any atom is -0.462 e. The average molecular weight is 510 g/mol. The van der Waals surface area contributed by atoms with Gasteiger partial charge in [0.15, 0.2) is 0 Å². The zero-order valence-electron chi connectivity index (χ0n) is 20.3. The number of nitrogens with zero attached hydrogens (tertiary/aromatic N) is 6. The SMILES string of the molecule is CCOC(=O)c1cnc(C)nc1N(CCOC)Cc1ccc(-c2ccccc2-c2nn[nH]n2)cc1.Cl. The molecule has 0 aliphatic heterocycles. The largest absolute Gasteiger partial charge is 0.462 e. The van der Waals surface area contributed by atoms with Crippen molar-refractivity contribution in [3.05, 3.63) is 71.7 Å². The molecule has 0 radical (unpaired) electrons. The van der Waals surface area contributed by atoms with Gasteiger partial charge in [0, 0.05) is 32.0 Å². The highest BCUT2D eigenvalue weighted by Gasteiger charge is 2.21. The minimum atomic E-state index is -0.446. The summed E-state index contributed by atoms with van der Waals surface area (Å²) in [5, 5.41) is 14.4. The first-order chi connectivity index (χ1) is 17.1. The van der Waals surface area contributed by atoms with Crippen molar-refractivity contribution in [1.29, 1.82) is 0 Å². The van der Waals surface area contributed by atoms with Crippen molar-refractivity contribution >= 4 is 24.2 Å². The predicted molar refractivity (Wildman–Crippen MR) is 138 cm³/mol. The standard InChI is InChI=1S/C25H27N7O3.ClH/c1-4-35-25(33)22-15-26-17(2)27-24(22)32(13-14-34-3)16-18-9-11-19(12-10-18)20-7-5-6-8-21(20)23-28-30-31-29-23;/h5-12,15H,4,13-14,16H2,1-3H3,(H,28,29,30,31);1H. The van der Waals surface area contributed by atoms with Crippen LogP contribution >= 0.6 is 12.4 Å². The number of aromatic amines is 1. The van der Waals surface area contributed by atoms with Gasteiger partial charge in [0.1, 0.15) is 17.2 Å². The zero-order valence-corrected chi connectivity index (χ0v) is 21.2. The Balaban J connectivity index is 0.00000361. The number of hydrogen-bond acceptors (Lipinski definition) is 9. The van der Waals surface area contributed by atoms with Crippen LogP contribution in [0.3, 0.4) is 0 Å². The van der Waals surface area contributed by atoms with Crippen molar-refractivity contribution < 1.29 is 14.3 Å². The first kappa shape index (κ1) is 26.7. The Bertz CT molecular complexity index is 1270. The molecule has 1 N–H and O–H groups in total. The number of rotatable bonds is 10. The van der Waals surface area contributed by atoms with Crippen LogP contribution in [-0.4, -0.2) is 63.4 Å². The summed E-state index contributed by atoms with van der Waals surface area (Å²) in [5.74, 6) is 1.20. The van der Waals surface area contributed by atoms with Crippen LogP contribution in [0.15, 0.2) is 54.7 Å². The predicted octanol–water partition coefficient (Wildman–Crippen LogP) is 3.88. The topological polar surface area (TPSA) is 119 Å². The van der Waals surface area contributed by atoms with Gasteiger partial charge in [-0.25, -0.2) is 14.8 Å². The maximum Gasteiger partial charge on any atom is 0.343 e. The molecule has 0 aliphatic rings. The lowest BCUT2D eigenvalue weighted by Gasteiger charge is -2.25. The fourth-order valence-electron chi connectivity index (χ4n) is 3.73. The van der Waals surface area contributed by atoms with Crippen LogP contribution in [0.1, 0.15) is 28.7 Å². The second kappa shape index (κ2) is 12.7. The van der Waals surface area contributed by atoms with Crippen molar-refractivity contribution in [3.8, 4) is 22.5 Å². The van der Waals surface area contributed by atoms with E-state index in [4.69, 9.17) is 9.47 Å². The van der Waals surface area contributed by atoms with Crippen molar-refractivity contribution in [1.82, 2.24) is 30.6 Å². The number of carbonyl (C=O) groups is 1. The van der Waals surface area contributed by atoms with Crippen molar-refractivity contribution in [2.75, 3.05) is 31.8 Å². The number of ether oxygens (including phenoxy) is 2. The number of esters is 1. The van der Waals surface area contributed by atoms with E-state index in [0.29, 0.717) is 42.7 Å². The monoisotopic (exact) mass is 509 g/mol. The Labute approximate surface area is 215 Å². The molecule has 36 heavy (non-hydrogen) atoms. The first-order valence-corrected chi connectivity index (χ1v) is 11.3.